The largest absolute Gasteiger partial charge is 0.285 e. The van der Waals surface area contributed by atoms with Crippen molar-refractivity contribution in [2.45, 2.75) is 5.25 Å². The molecule has 1 unspecified atom stereocenters. The summed E-state index contributed by atoms with van der Waals surface area (Å²) in [4.78, 5) is 10.2. The summed E-state index contributed by atoms with van der Waals surface area (Å²) in [6.07, 6.45) is 5.46. The maximum Gasteiger partial charge on any atom is 0.276 e. The summed E-state index contributed by atoms with van der Waals surface area (Å²) in [5.41, 5.74) is -0.0833. The Morgan fingerprint density at radius 3 is 2.50 bits per heavy atom. The van der Waals surface area contributed by atoms with E-state index in [2.05, 4.69) is 0 Å². The van der Waals surface area contributed by atoms with E-state index >= 15 is 0 Å². The van der Waals surface area contributed by atoms with Crippen LogP contribution < -0.4 is 0 Å². The zero-order valence-corrected chi connectivity index (χ0v) is 6.78. The second-order valence-electron chi connectivity index (χ2n) is 2.24. The van der Waals surface area contributed by atoms with E-state index in [1.807, 2.05) is 0 Å². The lowest BCUT2D eigenvalue weighted by atomic mass is 10.1. The van der Waals surface area contributed by atoms with Gasteiger partial charge in [0.1, 0.15) is 11.2 Å². The first-order valence-electron chi connectivity index (χ1n) is 3.12. The van der Waals surface area contributed by atoms with Crippen molar-refractivity contribution in [2.24, 2.45) is 0 Å². The van der Waals surface area contributed by atoms with Gasteiger partial charge in [-0.15, -0.1) is 0 Å². The zero-order valence-electron chi connectivity index (χ0n) is 5.97. The molecule has 0 bridgehead atoms. The SMILES string of the molecule is O=C=C1C=CC=CC1S(=O)(=O)O. The van der Waals surface area contributed by atoms with Gasteiger partial charge in [-0.25, -0.2) is 4.79 Å². The lowest BCUT2D eigenvalue weighted by Crippen LogP contribution is -2.21. The molecule has 0 aliphatic heterocycles. The Morgan fingerprint density at radius 1 is 1.42 bits per heavy atom. The van der Waals surface area contributed by atoms with Crippen molar-refractivity contribution in [3.05, 3.63) is 29.9 Å². The fraction of sp³-hybridized carbons (Fsp3) is 0.143. The molecule has 0 amide bonds. The Bertz CT molecular complexity index is 382. The molecule has 0 spiro atoms. The smallest absolute Gasteiger partial charge is 0.276 e. The Labute approximate surface area is 69.6 Å². The minimum atomic E-state index is -4.22. The summed E-state index contributed by atoms with van der Waals surface area (Å²) >= 11 is 0. The molecule has 0 heterocycles. The van der Waals surface area contributed by atoms with E-state index in [0.29, 0.717) is 0 Å². The highest BCUT2D eigenvalue weighted by atomic mass is 32.2. The molecule has 0 radical (unpaired) electrons. The molecule has 0 saturated carbocycles. The molecule has 1 aliphatic carbocycles. The second kappa shape index (κ2) is 3.06. The van der Waals surface area contributed by atoms with Crippen LogP contribution in [-0.2, 0) is 14.9 Å². The van der Waals surface area contributed by atoms with E-state index in [1.165, 1.54) is 30.2 Å². The Kier molecular flexibility index (Phi) is 2.28. The normalized spacial score (nSPS) is 22.4. The van der Waals surface area contributed by atoms with Crippen LogP contribution in [0.15, 0.2) is 29.9 Å². The van der Waals surface area contributed by atoms with Crippen LogP contribution >= 0.6 is 0 Å². The van der Waals surface area contributed by atoms with Crippen molar-refractivity contribution >= 4 is 16.1 Å². The molecule has 0 aromatic rings. The first kappa shape index (κ1) is 8.93. The fourth-order valence-electron chi connectivity index (χ4n) is 0.875. The lowest BCUT2D eigenvalue weighted by molar-refractivity contribution is 0.479. The highest BCUT2D eigenvalue weighted by Crippen LogP contribution is 2.15. The van der Waals surface area contributed by atoms with Gasteiger partial charge in [0.25, 0.3) is 10.1 Å². The molecule has 0 aromatic heterocycles. The maximum atomic E-state index is 10.6. The van der Waals surface area contributed by atoms with Gasteiger partial charge in [-0.05, 0) is 6.08 Å². The van der Waals surface area contributed by atoms with Crippen LogP contribution in [-0.4, -0.2) is 24.2 Å². The van der Waals surface area contributed by atoms with Gasteiger partial charge >= 0.3 is 0 Å². The van der Waals surface area contributed by atoms with Gasteiger partial charge in [-0.1, -0.05) is 18.2 Å². The summed E-state index contributed by atoms with van der Waals surface area (Å²) in [6, 6.07) is 0. The van der Waals surface area contributed by atoms with Gasteiger partial charge in [0, 0.05) is 0 Å². The molecule has 0 fully saturated rings. The zero-order chi connectivity index (χ0) is 9.19. The highest BCUT2D eigenvalue weighted by Gasteiger charge is 2.25. The summed E-state index contributed by atoms with van der Waals surface area (Å²) in [6.45, 7) is 0. The molecule has 0 aromatic carbocycles. The summed E-state index contributed by atoms with van der Waals surface area (Å²) in [5.74, 6) is 1.45. The van der Waals surface area contributed by atoms with Gasteiger partial charge in [0.05, 0.1) is 5.57 Å². The van der Waals surface area contributed by atoms with E-state index in [1.54, 1.807) is 0 Å². The van der Waals surface area contributed by atoms with Crippen LogP contribution in [0.2, 0.25) is 0 Å². The van der Waals surface area contributed by atoms with Crippen LogP contribution in [0.4, 0.5) is 0 Å². The quantitative estimate of drug-likeness (QED) is 0.466. The minimum Gasteiger partial charge on any atom is -0.285 e. The van der Waals surface area contributed by atoms with Gasteiger partial charge < -0.3 is 0 Å². The molecule has 5 heteroatoms. The van der Waals surface area contributed by atoms with Gasteiger partial charge in [-0.2, -0.15) is 8.42 Å². The summed E-state index contributed by atoms with van der Waals surface area (Å²) in [7, 11) is -4.22. The van der Waals surface area contributed by atoms with Gasteiger partial charge in [0.15, 0.2) is 0 Å². The Balaban J connectivity index is 3.16. The topological polar surface area (TPSA) is 71.4 Å². The predicted molar refractivity (Wildman–Crippen MR) is 42.8 cm³/mol. The van der Waals surface area contributed by atoms with E-state index in [9.17, 15) is 13.2 Å². The van der Waals surface area contributed by atoms with Crippen LogP contribution in [0.5, 0.6) is 0 Å². The Morgan fingerprint density at radius 2 is 2.08 bits per heavy atom. The molecular formula is C7H6O4S. The molecule has 1 rings (SSSR count). The first-order chi connectivity index (χ1) is 5.55. The third-order valence-electron chi connectivity index (χ3n) is 1.42. The van der Waals surface area contributed by atoms with Crippen LogP contribution in [0, 0.1) is 0 Å². The average molecular weight is 186 g/mol. The van der Waals surface area contributed by atoms with Crippen LogP contribution in [0.3, 0.4) is 0 Å². The van der Waals surface area contributed by atoms with E-state index in [-0.39, 0.29) is 5.57 Å². The predicted octanol–water partition coefficient (Wildman–Crippen LogP) is 0.127. The van der Waals surface area contributed by atoms with E-state index in [4.69, 9.17) is 4.55 Å². The lowest BCUT2D eigenvalue weighted by Gasteiger charge is -2.09. The minimum absolute atomic E-state index is 0.0833. The Hall–Kier alpha value is -1.16. The second-order valence-corrected chi connectivity index (χ2v) is 3.77. The molecule has 64 valence electrons. The molecule has 12 heavy (non-hydrogen) atoms. The van der Waals surface area contributed by atoms with Crippen molar-refractivity contribution in [3.63, 3.8) is 0 Å². The summed E-state index contributed by atoms with van der Waals surface area (Å²) in [5, 5.41) is -1.26. The average Bonchev–Trinajstić information content (AvgIpc) is 2.03. The third kappa shape index (κ3) is 1.71. The van der Waals surface area contributed by atoms with Gasteiger partial charge in [0.2, 0.25) is 0 Å². The fourth-order valence-corrected chi connectivity index (χ4v) is 1.61. The molecule has 1 N–H and O–H groups in total. The van der Waals surface area contributed by atoms with Crippen molar-refractivity contribution in [2.75, 3.05) is 0 Å². The molecule has 0 saturated heterocycles. The number of carbonyl (C=O) groups excluding carboxylic acids is 1. The van der Waals surface area contributed by atoms with Crippen LogP contribution in [0.1, 0.15) is 0 Å². The van der Waals surface area contributed by atoms with Crippen molar-refractivity contribution < 1.29 is 17.8 Å². The number of hydrogen-bond donors (Lipinski definition) is 1. The van der Waals surface area contributed by atoms with Crippen LogP contribution in [0.25, 0.3) is 0 Å². The number of allylic oxidation sites excluding steroid dienone is 3. The van der Waals surface area contributed by atoms with E-state index < -0.39 is 15.4 Å². The molecule has 1 atom stereocenters. The third-order valence-corrected chi connectivity index (χ3v) is 2.47. The van der Waals surface area contributed by atoms with E-state index in [0.717, 1.165) is 0 Å². The summed E-state index contributed by atoms with van der Waals surface area (Å²) < 4.78 is 29.9. The molecule has 1 aliphatic rings. The van der Waals surface area contributed by atoms with Crippen molar-refractivity contribution in [1.29, 1.82) is 0 Å². The monoisotopic (exact) mass is 186 g/mol. The molecular weight excluding hydrogens is 180 g/mol. The first-order valence-corrected chi connectivity index (χ1v) is 4.62. The molecule has 4 nitrogen and oxygen atoms in total. The highest BCUT2D eigenvalue weighted by molar-refractivity contribution is 7.86. The number of rotatable bonds is 1. The van der Waals surface area contributed by atoms with Crippen molar-refractivity contribution in [3.8, 4) is 0 Å². The van der Waals surface area contributed by atoms with Crippen molar-refractivity contribution in [1.82, 2.24) is 0 Å². The maximum absolute atomic E-state index is 10.6. The van der Waals surface area contributed by atoms with Gasteiger partial charge in [-0.3, -0.25) is 4.55 Å². The standard InChI is InChI=1S/C7H6O4S/c8-5-6-3-1-2-4-7(6)12(9,10)11/h1-4,7H,(H,9,10,11). The number of hydrogen-bond acceptors (Lipinski definition) is 3.